The lowest BCUT2D eigenvalue weighted by Gasteiger charge is -2.69. The zero-order valence-electron chi connectivity index (χ0n) is 18.1. The number of carbonyl (C=O) groups excluding carboxylic acids is 1. The van der Waals surface area contributed by atoms with Gasteiger partial charge in [0.2, 0.25) is 5.91 Å². The first-order valence-electron chi connectivity index (χ1n) is 11.5. The first-order valence-corrected chi connectivity index (χ1v) is 11.5. The number of aliphatic hydroxyl groups is 1. The number of aliphatic hydroxyl groups excluding tert-OH is 1. The van der Waals surface area contributed by atoms with Crippen molar-refractivity contribution in [1.29, 1.82) is 0 Å². The second-order valence-corrected chi connectivity index (χ2v) is 11.4. The average molecular weight is 405 g/mol. The van der Waals surface area contributed by atoms with Crippen molar-refractivity contribution in [3.63, 3.8) is 0 Å². The van der Waals surface area contributed by atoms with Crippen LogP contribution in [0.1, 0.15) is 66.2 Å². The molecule has 0 bridgehead atoms. The van der Waals surface area contributed by atoms with E-state index < -0.39 is 6.10 Å². The molecule has 162 valence electrons. The summed E-state index contributed by atoms with van der Waals surface area (Å²) in [5.74, 6) is 0.989. The number of nitrogens with one attached hydrogen (secondary N) is 1. The van der Waals surface area contributed by atoms with Crippen molar-refractivity contribution in [1.82, 2.24) is 5.32 Å². The summed E-state index contributed by atoms with van der Waals surface area (Å²) in [6.45, 7) is 9.81. The highest BCUT2D eigenvalue weighted by Gasteiger charge is 2.70. The molecule has 2 aliphatic heterocycles. The molecule has 0 radical (unpaired) electrons. The van der Waals surface area contributed by atoms with E-state index in [4.69, 9.17) is 4.74 Å². The maximum atomic E-state index is 12.4. The van der Waals surface area contributed by atoms with Crippen LogP contribution < -0.4 is 5.32 Å². The van der Waals surface area contributed by atoms with Crippen LogP contribution >= 0.6 is 0 Å². The largest absolute Gasteiger partial charge is 0.411 e. The van der Waals surface area contributed by atoms with E-state index in [0.717, 1.165) is 37.8 Å². The summed E-state index contributed by atoms with van der Waals surface area (Å²) in [6.07, 6.45) is 4.77. The Labute approximate surface area is 173 Å². The number of amides is 1. The molecule has 0 aromatic carbocycles. The van der Waals surface area contributed by atoms with Crippen LogP contribution in [0.15, 0.2) is 5.16 Å². The minimum Gasteiger partial charge on any atom is -0.411 e. The van der Waals surface area contributed by atoms with Crippen LogP contribution in [0.25, 0.3) is 0 Å². The maximum Gasteiger partial charge on any atom is 0.223 e. The standard InChI is InChI=1S/C23H36N2O4/c1-12-5-6-17-21(2,3)18(25-28)7-8-23(17)22(12,4)10-14-16(26)9-13-15(19(14)29-23)11-24-20(13)27/h12-17,19,26,28H,5-11H2,1-4H3,(H,24,27). The monoisotopic (exact) mass is 404 g/mol. The van der Waals surface area contributed by atoms with E-state index >= 15 is 0 Å². The fourth-order valence-electron chi connectivity index (χ4n) is 8.29. The molecule has 1 spiro atoms. The van der Waals surface area contributed by atoms with E-state index in [-0.39, 0.29) is 52.1 Å². The summed E-state index contributed by atoms with van der Waals surface area (Å²) in [6, 6.07) is 0. The van der Waals surface area contributed by atoms with Crippen LogP contribution in [0, 0.1) is 40.4 Å². The highest BCUT2D eigenvalue weighted by atomic mass is 16.5. The summed E-state index contributed by atoms with van der Waals surface area (Å²) < 4.78 is 7.23. The normalized spacial score (nSPS) is 54.7. The lowest BCUT2D eigenvalue weighted by molar-refractivity contribution is -0.318. The van der Waals surface area contributed by atoms with E-state index in [2.05, 4.69) is 38.2 Å². The summed E-state index contributed by atoms with van der Waals surface area (Å²) >= 11 is 0. The van der Waals surface area contributed by atoms with Crippen LogP contribution in [-0.4, -0.2) is 46.3 Å². The van der Waals surface area contributed by atoms with E-state index in [1.54, 1.807) is 0 Å². The number of ether oxygens (including phenoxy) is 1. The molecule has 9 atom stereocenters. The van der Waals surface area contributed by atoms with Crippen LogP contribution in [0.4, 0.5) is 0 Å². The van der Waals surface area contributed by atoms with Crippen molar-refractivity contribution in [3.8, 4) is 0 Å². The number of nitrogens with zero attached hydrogens (tertiary/aromatic N) is 1. The molecule has 5 fully saturated rings. The zero-order valence-corrected chi connectivity index (χ0v) is 18.1. The Kier molecular flexibility index (Phi) is 4.23. The van der Waals surface area contributed by atoms with Crippen LogP contribution in [0.3, 0.4) is 0 Å². The molecule has 3 aliphatic carbocycles. The molecule has 5 aliphatic rings. The lowest BCUT2D eigenvalue weighted by atomic mass is 9.42. The SMILES string of the molecule is CC1CCC2C(C)(C)C(=NO)CCC23OC2C(CC13C)C(O)CC1C(=O)NCC12. The van der Waals surface area contributed by atoms with Crippen LogP contribution in [0.5, 0.6) is 0 Å². The Morgan fingerprint density at radius 1 is 1.21 bits per heavy atom. The molecule has 5 rings (SSSR count). The van der Waals surface area contributed by atoms with Crippen LogP contribution in [0.2, 0.25) is 0 Å². The van der Waals surface area contributed by atoms with E-state index in [0.29, 0.717) is 18.9 Å². The molecule has 2 heterocycles. The minimum atomic E-state index is -0.474. The zero-order chi connectivity index (χ0) is 20.8. The van der Waals surface area contributed by atoms with Gasteiger partial charge in [-0.05, 0) is 55.8 Å². The number of fused-ring (bicyclic) bond motifs is 3. The minimum absolute atomic E-state index is 0.0286. The van der Waals surface area contributed by atoms with Gasteiger partial charge in [-0.15, -0.1) is 0 Å². The Bertz CT molecular complexity index is 751. The molecular weight excluding hydrogens is 368 g/mol. The van der Waals surface area contributed by atoms with Crippen molar-refractivity contribution in [2.75, 3.05) is 6.54 Å². The van der Waals surface area contributed by atoms with Gasteiger partial charge in [0.1, 0.15) is 0 Å². The third-order valence-electron chi connectivity index (χ3n) is 10.2. The van der Waals surface area contributed by atoms with E-state index in [1.165, 1.54) is 0 Å². The van der Waals surface area contributed by atoms with Gasteiger partial charge in [0, 0.05) is 29.7 Å². The first kappa shape index (κ1) is 19.8. The smallest absolute Gasteiger partial charge is 0.223 e. The van der Waals surface area contributed by atoms with Gasteiger partial charge in [-0.1, -0.05) is 32.9 Å². The summed E-state index contributed by atoms with van der Waals surface area (Å²) in [5.41, 5.74) is 0.336. The highest BCUT2D eigenvalue weighted by Crippen LogP contribution is 2.68. The number of oxime groups is 1. The van der Waals surface area contributed by atoms with Gasteiger partial charge in [-0.3, -0.25) is 4.79 Å². The number of rotatable bonds is 0. The molecule has 6 nitrogen and oxygen atoms in total. The van der Waals surface area contributed by atoms with Gasteiger partial charge in [-0.2, -0.15) is 0 Å². The highest BCUT2D eigenvalue weighted by molar-refractivity contribution is 5.90. The predicted octanol–water partition coefficient (Wildman–Crippen LogP) is 2.96. The first-order chi connectivity index (χ1) is 13.7. The van der Waals surface area contributed by atoms with Gasteiger partial charge >= 0.3 is 0 Å². The van der Waals surface area contributed by atoms with Crippen molar-refractivity contribution in [2.24, 2.45) is 45.6 Å². The maximum absolute atomic E-state index is 12.4. The molecule has 3 N–H and O–H groups in total. The second kappa shape index (κ2) is 6.19. The van der Waals surface area contributed by atoms with Crippen LogP contribution in [-0.2, 0) is 9.53 Å². The summed E-state index contributed by atoms with van der Waals surface area (Å²) in [4.78, 5) is 12.4. The van der Waals surface area contributed by atoms with E-state index in [1.807, 2.05) is 0 Å². The summed E-state index contributed by atoms with van der Waals surface area (Å²) in [5, 5.41) is 27.4. The molecule has 9 unspecified atom stereocenters. The van der Waals surface area contributed by atoms with Gasteiger partial charge in [0.15, 0.2) is 0 Å². The Balaban J connectivity index is 1.60. The molecule has 1 amide bonds. The fraction of sp³-hybridized carbons (Fsp3) is 0.913. The number of hydrogen-bond donors (Lipinski definition) is 3. The van der Waals surface area contributed by atoms with Gasteiger partial charge < -0.3 is 20.4 Å². The molecule has 3 saturated carbocycles. The molecule has 6 heteroatoms. The lowest BCUT2D eigenvalue weighted by Crippen LogP contribution is -2.72. The molecule has 0 aromatic rings. The Morgan fingerprint density at radius 3 is 2.69 bits per heavy atom. The molecule has 2 saturated heterocycles. The summed E-state index contributed by atoms with van der Waals surface area (Å²) in [7, 11) is 0. The fourth-order valence-corrected chi connectivity index (χ4v) is 8.29. The Morgan fingerprint density at radius 2 is 1.97 bits per heavy atom. The molecule has 0 aromatic heterocycles. The second-order valence-electron chi connectivity index (χ2n) is 11.4. The van der Waals surface area contributed by atoms with Crippen molar-refractivity contribution < 1.29 is 19.8 Å². The van der Waals surface area contributed by atoms with E-state index in [9.17, 15) is 15.1 Å². The molecular formula is C23H36N2O4. The third-order valence-corrected chi connectivity index (χ3v) is 10.2. The van der Waals surface area contributed by atoms with Crippen molar-refractivity contribution in [3.05, 3.63) is 0 Å². The third kappa shape index (κ3) is 2.36. The number of carbonyl (C=O) groups is 1. The van der Waals surface area contributed by atoms with Gasteiger partial charge in [0.05, 0.1) is 23.5 Å². The number of hydrogen-bond acceptors (Lipinski definition) is 5. The predicted molar refractivity (Wildman–Crippen MR) is 109 cm³/mol. The van der Waals surface area contributed by atoms with Gasteiger partial charge in [0.25, 0.3) is 0 Å². The van der Waals surface area contributed by atoms with Crippen molar-refractivity contribution in [2.45, 2.75) is 84.0 Å². The van der Waals surface area contributed by atoms with Gasteiger partial charge in [-0.25, -0.2) is 0 Å². The van der Waals surface area contributed by atoms with Crippen molar-refractivity contribution >= 4 is 11.6 Å². The average Bonchev–Trinajstić information content (AvgIpc) is 3.03. The quantitative estimate of drug-likeness (QED) is 0.428. The topological polar surface area (TPSA) is 91.2 Å². The molecule has 29 heavy (non-hydrogen) atoms. The Hall–Kier alpha value is -1.14.